The Labute approximate surface area is 134 Å². The van der Waals surface area contributed by atoms with Crippen molar-refractivity contribution in [1.29, 1.82) is 0 Å². The summed E-state index contributed by atoms with van der Waals surface area (Å²) < 4.78 is 5.57. The first-order valence-electron chi connectivity index (χ1n) is 8.51. The molecular formula is C18H30N2O2. The summed E-state index contributed by atoms with van der Waals surface area (Å²) in [5, 5.41) is 13.2. The molecule has 2 rings (SSSR count). The van der Waals surface area contributed by atoms with Crippen LogP contribution in [-0.2, 0) is 6.54 Å². The summed E-state index contributed by atoms with van der Waals surface area (Å²) in [5.41, 5.74) is 2.41. The maximum atomic E-state index is 9.56. The van der Waals surface area contributed by atoms with E-state index in [0.29, 0.717) is 6.04 Å². The summed E-state index contributed by atoms with van der Waals surface area (Å²) in [7, 11) is 1.74. The van der Waals surface area contributed by atoms with Gasteiger partial charge in [0.1, 0.15) is 5.75 Å². The normalized spacial score (nSPS) is 21.6. The average molecular weight is 306 g/mol. The second-order valence-corrected chi connectivity index (χ2v) is 6.06. The number of anilines is 1. The van der Waals surface area contributed by atoms with E-state index in [1.165, 1.54) is 5.56 Å². The quantitative estimate of drug-likeness (QED) is 0.813. The summed E-state index contributed by atoms with van der Waals surface area (Å²) in [4.78, 5) is 2.30. The van der Waals surface area contributed by atoms with Crippen molar-refractivity contribution in [2.45, 2.75) is 58.2 Å². The number of aliphatic hydroxyl groups excluding tert-OH is 1. The summed E-state index contributed by atoms with van der Waals surface area (Å²) >= 11 is 0. The Morgan fingerprint density at radius 2 is 1.86 bits per heavy atom. The number of methoxy groups -OCH3 is 1. The van der Waals surface area contributed by atoms with Gasteiger partial charge in [0.2, 0.25) is 0 Å². The molecule has 1 fully saturated rings. The molecule has 124 valence electrons. The molecule has 22 heavy (non-hydrogen) atoms. The van der Waals surface area contributed by atoms with Crippen molar-refractivity contribution in [3.63, 3.8) is 0 Å². The zero-order valence-corrected chi connectivity index (χ0v) is 14.1. The summed E-state index contributed by atoms with van der Waals surface area (Å²) in [5.74, 6) is 0.946. The van der Waals surface area contributed by atoms with Gasteiger partial charge >= 0.3 is 0 Å². The lowest BCUT2D eigenvalue weighted by Crippen LogP contribution is -2.34. The number of ether oxygens (including phenoxy) is 1. The molecule has 2 N–H and O–H groups in total. The Hall–Kier alpha value is -1.26. The lowest BCUT2D eigenvalue weighted by molar-refractivity contribution is 0.116. The first kappa shape index (κ1) is 17.1. The molecule has 0 bridgehead atoms. The molecule has 4 nitrogen and oxygen atoms in total. The minimum atomic E-state index is -0.0912. The molecule has 0 amide bonds. The van der Waals surface area contributed by atoms with Gasteiger partial charge in [-0.25, -0.2) is 0 Å². The third kappa shape index (κ3) is 4.37. The molecule has 1 aliphatic carbocycles. The fourth-order valence-corrected chi connectivity index (χ4v) is 3.20. The highest BCUT2D eigenvalue weighted by Gasteiger charge is 2.19. The van der Waals surface area contributed by atoms with Gasteiger partial charge in [-0.1, -0.05) is 6.07 Å². The fourth-order valence-electron chi connectivity index (χ4n) is 3.20. The SMILES string of the molecule is CCN(CC)c1ccc(CNC2CCC(O)CC2)cc1OC. The van der Waals surface area contributed by atoms with E-state index in [1.54, 1.807) is 7.11 Å². The second-order valence-electron chi connectivity index (χ2n) is 6.06. The van der Waals surface area contributed by atoms with Crippen LogP contribution in [0.5, 0.6) is 5.75 Å². The Kier molecular flexibility index (Phi) is 6.52. The first-order valence-corrected chi connectivity index (χ1v) is 8.51. The molecule has 1 aliphatic rings. The van der Waals surface area contributed by atoms with Gasteiger partial charge in [0.25, 0.3) is 0 Å². The van der Waals surface area contributed by atoms with E-state index in [1.807, 2.05) is 0 Å². The molecule has 0 unspecified atom stereocenters. The Bertz CT molecular complexity index is 452. The van der Waals surface area contributed by atoms with Crippen LogP contribution in [0.25, 0.3) is 0 Å². The highest BCUT2D eigenvalue weighted by Crippen LogP contribution is 2.29. The number of nitrogens with zero attached hydrogens (tertiary/aromatic N) is 1. The molecule has 0 atom stereocenters. The summed E-state index contributed by atoms with van der Waals surface area (Å²) in [6.45, 7) is 7.14. The molecular weight excluding hydrogens is 276 g/mol. The number of nitrogens with one attached hydrogen (secondary N) is 1. The molecule has 4 heteroatoms. The Morgan fingerprint density at radius 1 is 1.18 bits per heavy atom. The van der Waals surface area contributed by atoms with Crippen molar-refractivity contribution in [3.05, 3.63) is 23.8 Å². The molecule has 0 aliphatic heterocycles. The fraction of sp³-hybridized carbons (Fsp3) is 0.667. The van der Waals surface area contributed by atoms with E-state index in [0.717, 1.165) is 56.8 Å². The van der Waals surface area contributed by atoms with E-state index >= 15 is 0 Å². The van der Waals surface area contributed by atoms with Gasteiger partial charge in [0.05, 0.1) is 18.9 Å². The van der Waals surface area contributed by atoms with Crippen molar-refractivity contribution >= 4 is 5.69 Å². The second kappa shape index (κ2) is 8.39. The Balaban J connectivity index is 1.97. The van der Waals surface area contributed by atoms with Crippen LogP contribution >= 0.6 is 0 Å². The van der Waals surface area contributed by atoms with E-state index < -0.39 is 0 Å². The number of benzene rings is 1. The van der Waals surface area contributed by atoms with Gasteiger partial charge in [0, 0.05) is 25.7 Å². The van der Waals surface area contributed by atoms with E-state index in [9.17, 15) is 5.11 Å². The van der Waals surface area contributed by atoms with E-state index in [-0.39, 0.29) is 6.10 Å². The standard InChI is InChI=1S/C18H30N2O2/c1-4-20(5-2)17-11-6-14(12-18(17)22-3)13-19-15-7-9-16(21)10-8-15/h6,11-12,15-16,19,21H,4-5,7-10,13H2,1-3H3. The predicted octanol–water partition coefficient (Wildman–Crippen LogP) is 2.93. The topological polar surface area (TPSA) is 44.7 Å². The largest absolute Gasteiger partial charge is 0.495 e. The molecule has 0 spiro atoms. The van der Waals surface area contributed by atoms with Gasteiger partial charge in [-0.15, -0.1) is 0 Å². The van der Waals surface area contributed by atoms with Crippen LogP contribution < -0.4 is 15.0 Å². The third-order valence-electron chi connectivity index (χ3n) is 4.64. The molecule has 1 saturated carbocycles. The van der Waals surface area contributed by atoms with Gasteiger partial charge in [0.15, 0.2) is 0 Å². The van der Waals surface area contributed by atoms with Crippen LogP contribution in [0.3, 0.4) is 0 Å². The van der Waals surface area contributed by atoms with Crippen molar-refractivity contribution in [2.75, 3.05) is 25.1 Å². The monoisotopic (exact) mass is 306 g/mol. The summed E-state index contributed by atoms with van der Waals surface area (Å²) in [6, 6.07) is 7.00. The number of rotatable bonds is 7. The van der Waals surface area contributed by atoms with Crippen molar-refractivity contribution in [2.24, 2.45) is 0 Å². The van der Waals surface area contributed by atoms with Crippen molar-refractivity contribution < 1.29 is 9.84 Å². The number of hydrogen-bond donors (Lipinski definition) is 2. The van der Waals surface area contributed by atoms with Gasteiger partial charge in [-0.3, -0.25) is 0 Å². The minimum absolute atomic E-state index is 0.0912. The van der Waals surface area contributed by atoms with Gasteiger partial charge in [-0.05, 0) is 57.2 Å². The minimum Gasteiger partial charge on any atom is -0.495 e. The highest BCUT2D eigenvalue weighted by atomic mass is 16.5. The predicted molar refractivity (Wildman–Crippen MR) is 91.7 cm³/mol. The van der Waals surface area contributed by atoms with Crippen LogP contribution in [0.2, 0.25) is 0 Å². The molecule has 0 saturated heterocycles. The molecule has 0 radical (unpaired) electrons. The van der Waals surface area contributed by atoms with Gasteiger partial charge < -0.3 is 20.1 Å². The van der Waals surface area contributed by atoms with Gasteiger partial charge in [-0.2, -0.15) is 0 Å². The zero-order chi connectivity index (χ0) is 15.9. The lowest BCUT2D eigenvalue weighted by Gasteiger charge is -2.27. The van der Waals surface area contributed by atoms with Crippen LogP contribution in [0.1, 0.15) is 45.1 Å². The van der Waals surface area contributed by atoms with Crippen LogP contribution in [0.15, 0.2) is 18.2 Å². The Morgan fingerprint density at radius 3 is 2.45 bits per heavy atom. The molecule has 1 aromatic carbocycles. The first-order chi connectivity index (χ1) is 10.7. The number of hydrogen-bond acceptors (Lipinski definition) is 4. The third-order valence-corrected chi connectivity index (χ3v) is 4.64. The smallest absolute Gasteiger partial charge is 0.142 e. The van der Waals surface area contributed by atoms with Crippen LogP contribution in [0, 0.1) is 0 Å². The van der Waals surface area contributed by atoms with Crippen LogP contribution in [0.4, 0.5) is 5.69 Å². The molecule has 1 aromatic rings. The van der Waals surface area contributed by atoms with Crippen LogP contribution in [-0.4, -0.2) is 37.5 Å². The lowest BCUT2D eigenvalue weighted by atomic mass is 9.93. The molecule has 0 heterocycles. The van der Waals surface area contributed by atoms with Crippen molar-refractivity contribution in [3.8, 4) is 5.75 Å². The molecule has 0 aromatic heterocycles. The van der Waals surface area contributed by atoms with Crippen molar-refractivity contribution in [1.82, 2.24) is 5.32 Å². The average Bonchev–Trinajstić information content (AvgIpc) is 2.56. The highest BCUT2D eigenvalue weighted by molar-refractivity contribution is 5.59. The maximum absolute atomic E-state index is 9.56. The number of aliphatic hydroxyl groups is 1. The maximum Gasteiger partial charge on any atom is 0.142 e. The van der Waals surface area contributed by atoms with E-state index in [4.69, 9.17) is 4.74 Å². The zero-order valence-electron chi connectivity index (χ0n) is 14.1. The summed E-state index contributed by atoms with van der Waals surface area (Å²) in [6.07, 6.45) is 3.88. The van der Waals surface area contributed by atoms with E-state index in [2.05, 4.69) is 42.3 Å².